The number of carbonyl (C=O) groups is 1. The van der Waals surface area contributed by atoms with Crippen molar-refractivity contribution in [2.45, 2.75) is 42.3 Å². The molecule has 154 valence electrons. The molecule has 0 aromatic heterocycles. The summed E-state index contributed by atoms with van der Waals surface area (Å²) in [5.74, 6) is 0. The average molecular weight is 453 g/mol. The Bertz CT molecular complexity index is 672. The van der Waals surface area contributed by atoms with Gasteiger partial charge in [-0.3, -0.25) is 4.84 Å². The predicted octanol–water partition coefficient (Wildman–Crippen LogP) is 5.45. The van der Waals surface area contributed by atoms with E-state index in [1.54, 1.807) is 20.8 Å². The van der Waals surface area contributed by atoms with Crippen LogP contribution in [0.2, 0.25) is 0 Å². The van der Waals surface area contributed by atoms with Crippen LogP contribution in [0.4, 0.5) is 23.7 Å². The summed E-state index contributed by atoms with van der Waals surface area (Å²) in [5.41, 5.74) is -0.704. The van der Waals surface area contributed by atoms with Gasteiger partial charge < -0.3 is 9.84 Å². The Morgan fingerprint density at radius 1 is 1.19 bits per heavy atom. The SMILES string of the molecule is CON(C(=O)OCC(Cl)(Cl)Cl)c1cc(C(O)C(F)(F)F)cc(C(C)(C)C)c1. The molecule has 0 saturated heterocycles. The Balaban J connectivity index is 3.36. The number of aliphatic hydroxyl groups excluding tert-OH is 1. The van der Waals surface area contributed by atoms with Gasteiger partial charge in [0.25, 0.3) is 0 Å². The topological polar surface area (TPSA) is 59.0 Å². The molecule has 0 spiro atoms. The van der Waals surface area contributed by atoms with Crippen LogP contribution in [0.3, 0.4) is 0 Å². The molecule has 1 rings (SSSR count). The molecule has 0 aliphatic rings. The van der Waals surface area contributed by atoms with Crippen LogP contribution in [-0.4, -0.2) is 34.9 Å². The normalized spacial score (nSPS) is 14.0. The molecule has 0 aliphatic heterocycles. The molecule has 0 saturated carbocycles. The summed E-state index contributed by atoms with van der Waals surface area (Å²) >= 11 is 16.5. The van der Waals surface area contributed by atoms with E-state index in [2.05, 4.69) is 0 Å². The lowest BCUT2D eigenvalue weighted by Crippen LogP contribution is -2.33. The zero-order valence-corrected chi connectivity index (χ0v) is 17.2. The number of halogens is 6. The lowest BCUT2D eigenvalue weighted by Gasteiger charge is -2.26. The monoisotopic (exact) mass is 451 g/mol. The molecule has 1 atom stereocenters. The molecule has 0 fully saturated rings. The smallest absolute Gasteiger partial charge is 0.438 e. The van der Waals surface area contributed by atoms with Gasteiger partial charge in [-0.25, -0.2) is 4.79 Å². The molecule has 1 aromatic carbocycles. The van der Waals surface area contributed by atoms with E-state index in [0.29, 0.717) is 10.6 Å². The van der Waals surface area contributed by atoms with Gasteiger partial charge >= 0.3 is 12.3 Å². The molecule has 27 heavy (non-hydrogen) atoms. The largest absolute Gasteiger partial charge is 0.443 e. The van der Waals surface area contributed by atoms with E-state index < -0.39 is 39.8 Å². The first-order chi connectivity index (χ1) is 12.1. The highest BCUT2D eigenvalue weighted by Gasteiger charge is 2.40. The molecule has 1 N–H and O–H groups in total. The summed E-state index contributed by atoms with van der Waals surface area (Å²) in [6, 6.07) is 3.61. The van der Waals surface area contributed by atoms with Crippen LogP contribution in [-0.2, 0) is 15.0 Å². The lowest BCUT2D eigenvalue weighted by molar-refractivity contribution is -0.206. The van der Waals surface area contributed by atoms with Gasteiger partial charge in [-0.2, -0.15) is 18.2 Å². The van der Waals surface area contributed by atoms with E-state index in [0.717, 1.165) is 13.2 Å². The number of hydrogen-bond donors (Lipinski definition) is 1. The van der Waals surface area contributed by atoms with Gasteiger partial charge in [0.1, 0.15) is 6.61 Å². The summed E-state index contributed by atoms with van der Waals surface area (Å²) in [5, 5.41) is 10.2. The van der Waals surface area contributed by atoms with Crippen LogP contribution in [0, 0.1) is 0 Å². The van der Waals surface area contributed by atoms with Gasteiger partial charge in [-0.1, -0.05) is 61.6 Å². The first-order valence-corrected chi connectivity index (χ1v) is 8.67. The predicted molar refractivity (Wildman–Crippen MR) is 97.3 cm³/mol. The van der Waals surface area contributed by atoms with Crippen molar-refractivity contribution < 1.29 is 32.6 Å². The number of nitrogens with zero attached hydrogens (tertiary/aromatic N) is 1. The molecular formula is C16H19Cl3F3NO4. The van der Waals surface area contributed by atoms with Crippen molar-refractivity contribution in [1.29, 1.82) is 0 Å². The molecule has 1 amide bonds. The first kappa shape index (κ1) is 24.1. The molecule has 0 aliphatic carbocycles. The molecule has 0 bridgehead atoms. The number of hydrogen-bond acceptors (Lipinski definition) is 4. The summed E-state index contributed by atoms with van der Waals surface area (Å²) in [4.78, 5) is 17.1. The fraction of sp³-hybridized carbons (Fsp3) is 0.562. The van der Waals surface area contributed by atoms with Crippen molar-refractivity contribution in [3.05, 3.63) is 29.3 Å². The maximum Gasteiger partial charge on any atom is 0.438 e. The highest BCUT2D eigenvalue weighted by atomic mass is 35.6. The van der Waals surface area contributed by atoms with E-state index in [4.69, 9.17) is 44.4 Å². The van der Waals surface area contributed by atoms with E-state index in [1.165, 1.54) is 12.1 Å². The van der Waals surface area contributed by atoms with Crippen LogP contribution < -0.4 is 5.06 Å². The van der Waals surface area contributed by atoms with Crippen LogP contribution in [0.15, 0.2) is 18.2 Å². The van der Waals surface area contributed by atoms with Crippen LogP contribution in [0.1, 0.15) is 38.0 Å². The fourth-order valence-corrected chi connectivity index (χ4v) is 2.18. The van der Waals surface area contributed by atoms with Gasteiger partial charge in [-0.05, 0) is 28.7 Å². The summed E-state index contributed by atoms with van der Waals surface area (Å²) in [7, 11) is 1.11. The number of amides is 1. The summed E-state index contributed by atoms with van der Waals surface area (Å²) in [6.45, 7) is 4.67. The zero-order valence-electron chi connectivity index (χ0n) is 14.9. The number of benzene rings is 1. The van der Waals surface area contributed by atoms with E-state index in [1.807, 2.05) is 0 Å². The first-order valence-electron chi connectivity index (χ1n) is 7.54. The Kier molecular flexibility index (Phi) is 7.69. The Morgan fingerprint density at radius 3 is 2.15 bits per heavy atom. The van der Waals surface area contributed by atoms with Gasteiger partial charge in [0.05, 0.1) is 12.8 Å². The highest BCUT2D eigenvalue weighted by molar-refractivity contribution is 6.67. The van der Waals surface area contributed by atoms with E-state index in [-0.39, 0.29) is 5.69 Å². The maximum absolute atomic E-state index is 13.0. The summed E-state index contributed by atoms with van der Waals surface area (Å²) < 4.78 is 41.8. The van der Waals surface area contributed by atoms with E-state index >= 15 is 0 Å². The lowest BCUT2D eigenvalue weighted by atomic mass is 9.85. The van der Waals surface area contributed by atoms with Crippen molar-refractivity contribution in [2.24, 2.45) is 0 Å². The minimum Gasteiger partial charge on any atom is -0.443 e. The Hall–Kier alpha value is -0.930. The molecular weight excluding hydrogens is 434 g/mol. The quantitative estimate of drug-likeness (QED) is 0.487. The zero-order chi connectivity index (χ0) is 21.2. The second-order valence-electron chi connectivity index (χ2n) is 6.65. The average Bonchev–Trinajstić information content (AvgIpc) is 2.50. The minimum atomic E-state index is -4.89. The number of carbonyl (C=O) groups excluding carboxylic acids is 1. The van der Waals surface area contributed by atoms with Gasteiger partial charge in [0.2, 0.25) is 3.79 Å². The van der Waals surface area contributed by atoms with Crippen molar-refractivity contribution in [1.82, 2.24) is 0 Å². The Morgan fingerprint density at radius 2 is 1.74 bits per heavy atom. The number of ether oxygens (including phenoxy) is 1. The van der Waals surface area contributed by atoms with Crippen LogP contribution in [0.5, 0.6) is 0 Å². The number of aliphatic hydroxyl groups is 1. The van der Waals surface area contributed by atoms with Crippen molar-refractivity contribution >= 4 is 46.6 Å². The molecule has 1 unspecified atom stereocenters. The summed E-state index contributed by atoms with van der Waals surface area (Å²) in [6.07, 6.45) is -8.74. The van der Waals surface area contributed by atoms with Crippen LogP contribution in [0.25, 0.3) is 0 Å². The molecule has 0 radical (unpaired) electrons. The highest BCUT2D eigenvalue weighted by Crippen LogP contribution is 2.37. The van der Waals surface area contributed by atoms with Crippen LogP contribution >= 0.6 is 34.8 Å². The molecule has 5 nitrogen and oxygen atoms in total. The third-order valence-corrected chi connectivity index (χ3v) is 3.70. The maximum atomic E-state index is 13.0. The van der Waals surface area contributed by atoms with Gasteiger partial charge in [0, 0.05) is 0 Å². The second-order valence-corrected chi connectivity index (χ2v) is 9.17. The van der Waals surface area contributed by atoms with E-state index in [9.17, 15) is 23.1 Å². The van der Waals surface area contributed by atoms with Crippen molar-refractivity contribution in [3.63, 3.8) is 0 Å². The van der Waals surface area contributed by atoms with Gasteiger partial charge in [0.15, 0.2) is 6.10 Å². The van der Waals surface area contributed by atoms with Crippen molar-refractivity contribution in [2.75, 3.05) is 18.8 Å². The number of anilines is 1. The fourth-order valence-electron chi connectivity index (χ4n) is 2.02. The second kappa shape index (κ2) is 8.61. The minimum absolute atomic E-state index is 0.0856. The number of hydroxylamine groups is 1. The standard InChI is InChI=1S/C16H19Cl3F3NO4/c1-14(2,3)10-5-9(12(24)16(20,21)22)6-11(7-10)23(26-4)13(25)27-8-15(17,18)19/h5-7,12,24H,8H2,1-4H3. The molecule has 11 heteroatoms. The number of rotatable bonds is 4. The molecule has 1 aromatic rings. The van der Waals surface area contributed by atoms with Gasteiger partial charge in [-0.15, -0.1) is 0 Å². The number of alkyl halides is 6. The Labute approximate surface area is 169 Å². The third-order valence-electron chi connectivity index (χ3n) is 3.37. The van der Waals surface area contributed by atoms with Crippen molar-refractivity contribution in [3.8, 4) is 0 Å². The molecule has 0 heterocycles. The third kappa shape index (κ3) is 7.19.